The Labute approximate surface area is 267 Å². The first-order valence-corrected chi connectivity index (χ1v) is 14.7. The molecule has 46 heavy (non-hydrogen) atoms. The van der Waals surface area contributed by atoms with Gasteiger partial charge in [0.1, 0.15) is 25.0 Å². The number of ether oxygens (including phenoxy) is 3. The van der Waals surface area contributed by atoms with Crippen LogP contribution in [0.5, 0.6) is 5.75 Å². The molecule has 0 saturated heterocycles. The Bertz CT molecular complexity index is 1650. The highest BCUT2D eigenvalue weighted by Gasteiger charge is 2.25. The summed E-state index contributed by atoms with van der Waals surface area (Å²) < 4.78 is 15.9. The van der Waals surface area contributed by atoms with E-state index < -0.39 is 24.2 Å². The quantitative estimate of drug-likeness (QED) is 0.0875. The molecule has 5 rings (SSSR count). The molecule has 0 aliphatic carbocycles. The van der Waals surface area contributed by atoms with Gasteiger partial charge >= 0.3 is 12.2 Å². The summed E-state index contributed by atoms with van der Waals surface area (Å²) in [6.45, 7) is 0.136. The van der Waals surface area contributed by atoms with Crippen LogP contribution in [0.25, 0.3) is 0 Å². The van der Waals surface area contributed by atoms with Gasteiger partial charge in [0, 0.05) is 6.42 Å². The molecule has 1 atom stereocenters. The highest BCUT2D eigenvalue weighted by molar-refractivity contribution is 5.88. The first-order valence-electron chi connectivity index (χ1n) is 14.7. The van der Waals surface area contributed by atoms with Crippen LogP contribution in [0.1, 0.15) is 16.7 Å². The molecule has 232 valence electrons. The summed E-state index contributed by atoms with van der Waals surface area (Å²) in [5.74, 6) is -0.188. The molecule has 5 aromatic carbocycles. The number of para-hydroxylation sites is 2. The lowest BCUT2D eigenvalue weighted by Gasteiger charge is -2.28. The standard InChI is InChI=1S/C37H33N3O6/c41-35(39-40(31-17-9-3-10-18-31)32-19-11-4-12-20-32)34(38-36(42)44-26-29-13-5-1-6-14-29)25-28-21-23-33(24-22-28)46-37(43)45-27-30-15-7-2-8-16-30/h1-24,34H,25-27H2,(H,38,42)(H,39,41)/t34-/m0/s1. The van der Waals surface area contributed by atoms with E-state index in [9.17, 15) is 14.4 Å². The second-order valence-electron chi connectivity index (χ2n) is 10.2. The number of amides is 2. The summed E-state index contributed by atoms with van der Waals surface area (Å²) in [6, 6.07) is 42.9. The molecule has 9 heteroatoms. The maximum absolute atomic E-state index is 13.8. The van der Waals surface area contributed by atoms with Crippen molar-refractivity contribution in [2.45, 2.75) is 25.7 Å². The van der Waals surface area contributed by atoms with Crippen LogP contribution in [0, 0.1) is 0 Å². The average molecular weight is 616 g/mol. The highest BCUT2D eigenvalue weighted by atomic mass is 16.7. The molecule has 2 N–H and O–H groups in total. The smallest absolute Gasteiger partial charge is 0.445 e. The minimum Gasteiger partial charge on any atom is -0.445 e. The first kappa shape index (κ1) is 31.3. The molecule has 0 bridgehead atoms. The topological polar surface area (TPSA) is 106 Å². The van der Waals surface area contributed by atoms with E-state index in [1.165, 1.54) is 0 Å². The third-order valence-electron chi connectivity index (χ3n) is 6.84. The number of alkyl carbamates (subject to hydrolysis) is 1. The largest absolute Gasteiger partial charge is 0.514 e. The van der Waals surface area contributed by atoms with Crippen LogP contribution in [-0.2, 0) is 33.9 Å². The van der Waals surface area contributed by atoms with E-state index in [0.29, 0.717) is 5.56 Å². The summed E-state index contributed by atoms with van der Waals surface area (Å²) >= 11 is 0. The van der Waals surface area contributed by atoms with Crippen LogP contribution in [0.3, 0.4) is 0 Å². The Kier molecular flexibility index (Phi) is 11.0. The van der Waals surface area contributed by atoms with Crippen molar-refractivity contribution in [3.8, 4) is 5.75 Å². The maximum atomic E-state index is 13.8. The van der Waals surface area contributed by atoms with Crippen molar-refractivity contribution in [1.82, 2.24) is 10.7 Å². The Balaban J connectivity index is 1.27. The van der Waals surface area contributed by atoms with Gasteiger partial charge in [-0.15, -0.1) is 0 Å². The Hall–Kier alpha value is -6.09. The van der Waals surface area contributed by atoms with E-state index in [1.807, 2.05) is 121 Å². The Morgan fingerprint density at radius 3 is 1.57 bits per heavy atom. The average Bonchev–Trinajstić information content (AvgIpc) is 3.11. The number of hydrazine groups is 1. The molecular formula is C37H33N3O6. The minimum absolute atomic E-state index is 0.0492. The van der Waals surface area contributed by atoms with Gasteiger partial charge in [0.05, 0.1) is 11.4 Å². The van der Waals surface area contributed by atoms with Crippen molar-refractivity contribution in [3.05, 3.63) is 162 Å². The number of hydrogen-bond acceptors (Lipinski definition) is 7. The van der Waals surface area contributed by atoms with Crippen LogP contribution >= 0.6 is 0 Å². The van der Waals surface area contributed by atoms with Gasteiger partial charge in [-0.05, 0) is 53.1 Å². The van der Waals surface area contributed by atoms with E-state index in [1.54, 1.807) is 29.3 Å². The van der Waals surface area contributed by atoms with Crippen LogP contribution in [0.4, 0.5) is 21.0 Å². The van der Waals surface area contributed by atoms with Gasteiger partial charge in [0.15, 0.2) is 0 Å². The molecule has 0 saturated carbocycles. The molecule has 0 heterocycles. The summed E-state index contributed by atoms with van der Waals surface area (Å²) in [5, 5.41) is 4.37. The lowest BCUT2D eigenvalue weighted by Crippen LogP contribution is -2.52. The first-order chi connectivity index (χ1) is 22.5. The molecular weight excluding hydrogens is 582 g/mol. The number of nitrogens with one attached hydrogen (secondary N) is 2. The zero-order chi connectivity index (χ0) is 32.0. The Morgan fingerprint density at radius 1 is 0.565 bits per heavy atom. The van der Waals surface area contributed by atoms with Crippen molar-refractivity contribution >= 4 is 29.5 Å². The maximum Gasteiger partial charge on any atom is 0.514 e. The highest BCUT2D eigenvalue weighted by Crippen LogP contribution is 2.23. The number of carbonyl (C=O) groups excluding carboxylic acids is 3. The molecule has 0 spiro atoms. The van der Waals surface area contributed by atoms with Gasteiger partial charge < -0.3 is 19.5 Å². The van der Waals surface area contributed by atoms with Crippen LogP contribution in [0.2, 0.25) is 0 Å². The molecule has 0 aromatic heterocycles. The van der Waals surface area contributed by atoms with E-state index in [2.05, 4.69) is 10.7 Å². The summed E-state index contributed by atoms with van der Waals surface area (Å²) in [5.41, 5.74) is 6.78. The predicted octanol–water partition coefficient (Wildman–Crippen LogP) is 7.11. The number of anilines is 2. The zero-order valence-electron chi connectivity index (χ0n) is 25.0. The molecule has 0 aliphatic heterocycles. The van der Waals surface area contributed by atoms with Crippen molar-refractivity contribution in [2.75, 3.05) is 5.01 Å². The predicted molar refractivity (Wildman–Crippen MR) is 174 cm³/mol. The van der Waals surface area contributed by atoms with Crippen molar-refractivity contribution in [2.24, 2.45) is 0 Å². The number of hydrogen-bond donors (Lipinski definition) is 2. The van der Waals surface area contributed by atoms with Gasteiger partial charge in [-0.2, -0.15) is 0 Å². The normalized spacial score (nSPS) is 11.0. The molecule has 0 radical (unpaired) electrons. The molecule has 0 unspecified atom stereocenters. The third-order valence-corrected chi connectivity index (χ3v) is 6.84. The van der Waals surface area contributed by atoms with Gasteiger partial charge in [-0.3, -0.25) is 15.2 Å². The lowest BCUT2D eigenvalue weighted by molar-refractivity contribution is -0.123. The number of rotatable bonds is 12. The second kappa shape index (κ2) is 16.1. The van der Waals surface area contributed by atoms with E-state index in [4.69, 9.17) is 14.2 Å². The Morgan fingerprint density at radius 2 is 1.04 bits per heavy atom. The summed E-state index contributed by atoms with van der Waals surface area (Å²) in [4.78, 5) is 38.9. The number of nitrogens with zero attached hydrogens (tertiary/aromatic N) is 1. The fourth-order valence-electron chi connectivity index (χ4n) is 4.51. The molecule has 2 amide bonds. The van der Waals surface area contributed by atoms with Crippen molar-refractivity contribution < 1.29 is 28.6 Å². The molecule has 0 fully saturated rings. The minimum atomic E-state index is -1.01. The number of benzene rings is 5. The zero-order valence-corrected chi connectivity index (χ0v) is 25.0. The van der Waals surface area contributed by atoms with Gasteiger partial charge in [-0.1, -0.05) is 109 Å². The van der Waals surface area contributed by atoms with E-state index in [-0.39, 0.29) is 25.4 Å². The SMILES string of the molecule is O=C(N[C@@H](Cc1ccc(OC(=O)OCc2ccccc2)cc1)C(=O)NN(c1ccccc1)c1ccccc1)OCc1ccccc1. The van der Waals surface area contributed by atoms with Gasteiger partial charge in [-0.25, -0.2) is 9.59 Å². The van der Waals surface area contributed by atoms with E-state index >= 15 is 0 Å². The lowest BCUT2D eigenvalue weighted by atomic mass is 10.1. The van der Waals surface area contributed by atoms with Crippen LogP contribution in [-0.4, -0.2) is 24.2 Å². The van der Waals surface area contributed by atoms with Gasteiger partial charge in [0.25, 0.3) is 5.91 Å². The van der Waals surface area contributed by atoms with E-state index in [0.717, 1.165) is 22.5 Å². The summed E-state index contributed by atoms with van der Waals surface area (Å²) in [6.07, 6.45) is -1.45. The van der Waals surface area contributed by atoms with Gasteiger partial charge in [0.2, 0.25) is 0 Å². The van der Waals surface area contributed by atoms with Crippen LogP contribution in [0.15, 0.2) is 146 Å². The third kappa shape index (κ3) is 9.45. The molecule has 0 aliphatic rings. The number of carbonyl (C=O) groups is 3. The van der Waals surface area contributed by atoms with Crippen molar-refractivity contribution in [3.63, 3.8) is 0 Å². The molecule has 5 aromatic rings. The monoisotopic (exact) mass is 615 g/mol. The fourth-order valence-corrected chi connectivity index (χ4v) is 4.51. The summed E-state index contributed by atoms with van der Waals surface area (Å²) in [7, 11) is 0. The van der Waals surface area contributed by atoms with Crippen LogP contribution < -0.4 is 20.5 Å². The second-order valence-corrected chi connectivity index (χ2v) is 10.2. The van der Waals surface area contributed by atoms with Crippen molar-refractivity contribution in [1.29, 1.82) is 0 Å². The molecule has 9 nitrogen and oxygen atoms in total. The fraction of sp³-hybridized carbons (Fsp3) is 0.108.